The lowest BCUT2D eigenvalue weighted by molar-refractivity contribution is 0.941. The highest BCUT2D eigenvalue weighted by atomic mass is 35.5. The first-order valence-electron chi connectivity index (χ1n) is 3.97. The summed E-state index contributed by atoms with van der Waals surface area (Å²) >= 11 is 0. The summed E-state index contributed by atoms with van der Waals surface area (Å²) in [5.41, 5.74) is -0.0683. The highest BCUT2D eigenvalue weighted by molar-refractivity contribution is 5.85. The average molecular weight is 245 g/mol. The molecule has 3 nitrogen and oxygen atoms in total. The summed E-state index contributed by atoms with van der Waals surface area (Å²) < 4.78 is 1.50. The molecule has 0 bridgehead atoms. The summed E-state index contributed by atoms with van der Waals surface area (Å²) in [6, 6.07) is 10.5. The van der Waals surface area contributed by atoms with Crippen LogP contribution in [0.5, 0.6) is 0 Å². The van der Waals surface area contributed by atoms with E-state index in [2.05, 4.69) is 4.98 Å². The molecule has 0 aromatic carbocycles. The van der Waals surface area contributed by atoms with Crippen molar-refractivity contribution in [2.24, 2.45) is 0 Å². The summed E-state index contributed by atoms with van der Waals surface area (Å²) in [5.74, 6) is 0.646. The highest BCUT2D eigenvalue weighted by Gasteiger charge is 1.96. The van der Waals surface area contributed by atoms with E-state index in [0.717, 1.165) is 0 Å². The molecule has 0 saturated carbocycles. The van der Waals surface area contributed by atoms with E-state index >= 15 is 0 Å². The third kappa shape index (κ3) is 3.08. The lowest BCUT2D eigenvalue weighted by atomic mass is 10.4. The Morgan fingerprint density at radius 2 is 1.73 bits per heavy atom. The molecule has 0 saturated heterocycles. The number of hydrogen-bond acceptors (Lipinski definition) is 2. The molecule has 0 aliphatic heterocycles. The largest absolute Gasteiger partial charge is 0.269 e. The molecule has 80 valence electrons. The van der Waals surface area contributed by atoms with Crippen LogP contribution in [0, 0.1) is 0 Å². The monoisotopic (exact) mass is 244 g/mol. The van der Waals surface area contributed by atoms with Crippen molar-refractivity contribution in [3.05, 3.63) is 59.1 Å². The van der Waals surface area contributed by atoms with Crippen LogP contribution in [-0.4, -0.2) is 9.55 Å². The van der Waals surface area contributed by atoms with Gasteiger partial charge in [-0.05, 0) is 18.2 Å². The third-order valence-corrected chi connectivity index (χ3v) is 1.72. The first kappa shape index (κ1) is 13.7. The van der Waals surface area contributed by atoms with Crippen molar-refractivity contribution in [2.75, 3.05) is 0 Å². The van der Waals surface area contributed by atoms with Gasteiger partial charge in [-0.2, -0.15) is 0 Å². The van der Waals surface area contributed by atoms with Crippen LogP contribution in [0.4, 0.5) is 0 Å². The molecule has 0 atom stereocenters. The fraction of sp³-hybridized carbons (Fsp3) is 0. The predicted octanol–water partition coefficient (Wildman–Crippen LogP) is 2.08. The molecule has 2 aromatic rings. The quantitative estimate of drug-likeness (QED) is 0.770. The Morgan fingerprint density at radius 3 is 2.33 bits per heavy atom. The normalized spacial score (nSPS) is 8.53. The van der Waals surface area contributed by atoms with E-state index in [4.69, 9.17) is 0 Å². The van der Waals surface area contributed by atoms with E-state index in [0.29, 0.717) is 5.82 Å². The van der Waals surface area contributed by atoms with Gasteiger partial charge in [-0.25, -0.2) is 4.98 Å². The Morgan fingerprint density at radius 1 is 1.00 bits per heavy atom. The van der Waals surface area contributed by atoms with Crippen molar-refractivity contribution in [3.8, 4) is 5.82 Å². The molecular weight excluding hydrogens is 235 g/mol. The van der Waals surface area contributed by atoms with Crippen LogP contribution < -0.4 is 5.56 Å². The zero-order valence-corrected chi connectivity index (χ0v) is 9.37. The Kier molecular flexibility index (Phi) is 5.67. The molecule has 2 heterocycles. The van der Waals surface area contributed by atoms with Gasteiger partial charge >= 0.3 is 0 Å². The molecule has 0 aliphatic rings. The second-order valence-corrected chi connectivity index (χ2v) is 2.60. The van der Waals surface area contributed by atoms with E-state index in [9.17, 15) is 4.79 Å². The maximum atomic E-state index is 11.3. The molecule has 0 aliphatic carbocycles. The molecule has 5 heteroatoms. The number of aromatic nitrogens is 2. The number of pyridine rings is 2. The van der Waals surface area contributed by atoms with Crippen LogP contribution >= 0.6 is 24.8 Å². The van der Waals surface area contributed by atoms with Crippen LogP contribution in [0.2, 0.25) is 0 Å². The van der Waals surface area contributed by atoms with Crippen LogP contribution in [0.1, 0.15) is 0 Å². The minimum Gasteiger partial charge on any atom is -0.269 e. The van der Waals surface area contributed by atoms with Gasteiger partial charge in [0.05, 0.1) is 0 Å². The summed E-state index contributed by atoms with van der Waals surface area (Å²) in [4.78, 5) is 15.4. The molecular formula is C10H10Cl2N2O. The molecule has 0 N–H and O–H groups in total. The molecule has 2 rings (SSSR count). The number of rotatable bonds is 1. The van der Waals surface area contributed by atoms with Gasteiger partial charge in [0.15, 0.2) is 0 Å². The maximum absolute atomic E-state index is 11.3. The number of halogens is 2. The summed E-state index contributed by atoms with van der Waals surface area (Å²) in [5, 5.41) is 0. The molecule has 15 heavy (non-hydrogen) atoms. The summed E-state index contributed by atoms with van der Waals surface area (Å²) in [7, 11) is 0. The Labute approximate surface area is 99.6 Å². The van der Waals surface area contributed by atoms with Crippen molar-refractivity contribution in [1.82, 2.24) is 9.55 Å². The van der Waals surface area contributed by atoms with E-state index in [-0.39, 0.29) is 30.4 Å². The fourth-order valence-corrected chi connectivity index (χ4v) is 1.11. The summed E-state index contributed by atoms with van der Waals surface area (Å²) in [6.07, 6.45) is 3.36. The van der Waals surface area contributed by atoms with Crippen molar-refractivity contribution >= 4 is 24.8 Å². The maximum Gasteiger partial charge on any atom is 0.256 e. The minimum absolute atomic E-state index is 0. The molecule has 0 fully saturated rings. The first-order valence-corrected chi connectivity index (χ1v) is 3.97. The average Bonchev–Trinajstić information content (AvgIpc) is 2.20. The van der Waals surface area contributed by atoms with Crippen LogP contribution in [-0.2, 0) is 0 Å². The second kappa shape index (κ2) is 6.22. The van der Waals surface area contributed by atoms with Crippen molar-refractivity contribution in [3.63, 3.8) is 0 Å². The van der Waals surface area contributed by atoms with Gasteiger partial charge in [0.25, 0.3) is 5.56 Å². The number of hydrogen-bond donors (Lipinski definition) is 0. The molecule has 0 unspecified atom stereocenters. The van der Waals surface area contributed by atoms with Gasteiger partial charge in [0.1, 0.15) is 5.82 Å². The fourth-order valence-electron chi connectivity index (χ4n) is 1.11. The van der Waals surface area contributed by atoms with Gasteiger partial charge in [-0.3, -0.25) is 9.36 Å². The van der Waals surface area contributed by atoms with Crippen LogP contribution in [0.3, 0.4) is 0 Å². The molecule has 0 amide bonds. The van der Waals surface area contributed by atoms with Crippen LogP contribution in [0.25, 0.3) is 5.82 Å². The van der Waals surface area contributed by atoms with E-state index < -0.39 is 0 Å². The Balaban J connectivity index is 0.000000980. The van der Waals surface area contributed by atoms with Crippen molar-refractivity contribution in [1.29, 1.82) is 0 Å². The SMILES string of the molecule is Cl.Cl.O=c1ccccn1-c1ccccn1. The van der Waals surface area contributed by atoms with Gasteiger partial charge in [0.2, 0.25) is 0 Å². The van der Waals surface area contributed by atoms with Gasteiger partial charge in [0, 0.05) is 18.5 Å². The van der Waals surface area contributed by atoms with Crippen molar-refractivity contribution in [2.45, 2.75) is 0 Å². The smallest absolute Gasteiger partial charge is 0.256 e. The predicted molar refractivity (Wildman–Crippen MR) is 64.3 cm³/mol. The third-order valence-electron chi connectivity index (χ3n) is 1.72. The van der Waals surface area contributed by atoms with Gasteiger partial charge in [-0.15, -0.1) is 24.8 Å². The second-order valence-electron chi connectivity index (χ2n) is 2.60. The van der Waals surface area contributed by atoms with Crippen LogP contribution in [0.15, 0.2) is 53.6 Å². The van der Waals surface area contributed by atoms with Gasteiger partial charge in [-0.1, -0.05) is 12.1 Å². The summed E-state index contributed by atoms with van der Waals surface area (Å²) in [6.45, 7) is 0. The highest BCUT2D eigenvalue weighted by Crippen LogP contribution is 1.97. The lowest BCUT2D eigenvalue weighted by Crippen LogP contribution is -2.16. The van der Waals surface area contributed by atoms with E-state index in [1.807, 2.05) is 12.1 Å². The Bertz CT molecular complexity index is 456. The topological polar surface area (TPSA) is 34.9 Å². The zero-order chi connectivity index (χ0) is 9.10. The molecule has 0 spiro atoms. The molecule has 0 radical (unpaired) electrons. The van der Waals surface area contributed by atoms with E-state index in [1.165, 1.54) is 10.6 Å². The Hall–Kier alpha value is -1.32. The number of nitrogens with zero attached hydrogens (tertiary/aromatic N) is 2. The lowest BCUT2D eigenvalue weighted by Gasteiger charge is -2.01. The first-order chi connectivity index (χ1) is 6.38. The van der Waals surface area contributed by atoms with Gasteiger partial charge < -0.3 is 0 Å². The zero-order valence-electron chi connectivity index (χ0n) is 7.74. The van der Waals surface area contributed by atoms with E-state index in [1.54, 1.807) is 30.6 Å². The minimum atomic E-state index is -0.0683. The standard InChI is InChI=1S/C10H8N2O.2ClH/c13-10-6-2-4-8-12(10)9-5-1-3-7-11-9;;/h1-8H;2*1H. The van der Waals surface area contributed by atoms with Crippen molar-refractivity contribution < 1.29 is 0 Å². The molecule has 2 aromatic heterocycles.